The van der Waals surface area contributed by atoms with E-state index in [4.69, 9.17) is 4.98 Å². The molecule has 0 saturated heterocycles. The van der Waals surface area contributed by atoms with E-state index in [0.717, 1.165) is 77.2 Å². The number of aromatic nitrogens is 3. The number of fused-ring (bicyclic) bond motifs is 3. The molecule has 7 aromatic carbocycles. The van der Waals surface area contributed by atoms with E-state index >= 15 is 0 Å². The van der Waals surface area contributed by atoms with E-state index in [1.165, 1.54) is 11.1 Å². The van der Waals surface area contributed by atoms with Crippen LogP contribution in [0.3, 0.4) is 0 Å². The molecule has 9 rings (SSSR count). The summed E-state index contributed by atoms with van der Waals surface area (Å²) < 4.78 is 0. The summed E-state index contributed by atoms with van der Waals surface area (Å²) in [6.07, 6.45) is 0. The molecule has 0 spiro atoms. The Labute approximate surface area is 316 Å². The number of aromatic hydroxyl groups is 1. The largest absolute Gasteiger partial charge is 0.507 e. The first-order valence-corrected chi connectivity index (χ1v) is 17.1. The molecular formula is C47H32N3OPt-. The van der Waals surface area contributed by atoms with Gasteiger partial charge in [-0.3, -0.25) is 4.98 Å². The van der Waals surface area contributed by atoms with Gasteiger partial charge in [0.25, 0.3) is 0 Å². The molecule has 0 bridgehead atoms. The molecule has 0 unspecified atom stereocenters. The van der Waals surface area contributed by atoms with E-state index in [2.05, 4.69) is 133 Å². The summed E-state index contributed by atoms with van der Waals surface area (Å²) in [5.74, 6) is 0.183. The summed E-state index contributed by atoms with van der Waals surface area (Å²) in [6, 6.07) is 55.6. The van der Waals surface area contributed by atoms with Crippen LogP contribution in [-0.4, -0.2) is 20.3 Å². The van der Waals surface area contributed by atoms with Gasteiger partial charge in [0, 0.05) is 38.0 Å². The predicted molar refractivity (Wildman–Crippen MR) is 209 cm³/mol. The molecule has 5 heteroatoms. The first-order valence-electron chi connectivity index (χ1n) is 17.1. The van der Waals surface area contributed by atoms with Gasteiger partial charge in [0.1, 0.15) is 5.75 Å². The number of aryl methyl sites for hydroxylation is 2. The number of rotatable bonds is 5. The van der Waals surface area contributed by atoms with Gasteiger partial charge in [-0.2, -0.15) is 10.2 Å². The fourth-order valence-corrected chi connectivity index (χ4v) is 7.06. The van der Waals surface area contributed by atoms with Crippen LogP contribution in [0.4, 0.5) is 0 Å². The van der Waals surface area contributed by atoms with E-state index in [1.54, 1.807) is 0 Å². The van der Waals surface area contributed by atoms with Crippen LogP contribution >= 0.6 is 0 Å². The average Bonchev–Trinajstić information content (AvgIpc) is 3.16. The summed E-state index contributed by atoms with van der Waals surface area (Å²) in [6.45, 7) is 4.24. The van der Waals surface area contributed by atoms with E-state index < -0.39 is 0 Å². The zero-order valence-electron chi connectivity index (χ0n) is 28.5. The van der Waals surface area contributed by atoms with Crippen molar-refractivity contribution in [2.45, 2.75) is 13.8 Å². The molecule has 0 atom stereocenters. The smallest absolute Gasteiger partial charge is 0.125 e. The van der Waals surface area contributed by atoms with Crippen LogP contribution in [0, 0.1) is 19.9 Å². The van der Waals surface area contributed by atoms with Crippen LogP contribution in [0.1, 0.15) is 11.1 Å². The summed E-state index contributed by atoms with van der Waals surface area (Å²) >= 11 is 0. The van der Waals surface area contributed by atoms with E-state index in [0.29, 0.717) is 11.3 Å². The fraction of sp³-hybridized carbons (Fsp3) is 0.0426. The molecule has 252 valence electrons. The van der Waals surface area contributed by atoms with Crippen molar-refractivity contribution in [3.05, 3.63) is 169 Å². The van der Waals surface area contributed by atoms with Gasteiger partial charge in [0.2, 0.25) is 0 Å². The van der Waals surface area contributed by atoms with E-state index in [-0.39, 0.29) is 26.8 Å². The molecule has 0 aliphatic carbocycles. The predicted octanol–water partition coefficient (Wildman–Crippen LogP) is 11.8. The summed E-state index contributed by atoms with van der Waals surface area (Å²) in [5, 5.41) is 26.0. The van der Waals surface area contributed by atoms with Crippen LogP contribution in [0.5, 0.6) is 5.75 Å². The van der Waals surface area contributed by atoms with Gasteiger partial charge in [-0.15, -0.1) is 18.2 Å². The number of phenols is 1. The Morgan fingerprint density at radius 3 is 1.75 bits per heavy atom. The van der Waals surface area contributed by atoms with Gasteiger partial charge in [0.15, 0.2) is 0 Å². The second-order valence-corrected chi connectivity index (χ2v) is 13.3. The zero-order chi connectivity index (χ0) is 34.5. The van der Waals surface area contributed by atoms with Crippen molar-refractivity contribution in [1.82, 2.24) is 15.2 Å². The standard InChI is InChI=1S/C47H32N3O.Pt/c1-29-16-30(2)18-35(17-29)39-26-44(48-46(27-39)42-24-37-19-32-12-6-7-13-33(32)20-38(37)28-47(42)51)40-21-36(31-10-4-3-5-11-31)22-41(23-40)45-25-34-14-8-9-15-43(34)49-50-45;/h3-22,24-28,51H,1-2H3;/q-1;. The molecule has 9 aromatic rings. The summed E-state index contributed by atoms with van der Waals surface area (Å²) in [4.78, 5) is 5.27. The number of phenolic OH excluding ortho intramolecular Hbond substituents is 1. The van der Waals surface area contributed by atoms with Crippen LogP contribution in [0.25, 0.3) is 88.5 Å². The molecule has 0 saturated carbocycles. The van der Waals surface area contributed by atoms with Crippen LogP contribution in [-0.2, 0) is 21.1 Å². The first-order chi connectivity index (χ1) is 24.9. The van der Waals surface area contributed by atoms with Gasteiger partial charge >= 0.3 is 0 Å². The number of hydrogen-bond donors (Lipinski definition) is 1. The van der Waals surface area contributed by atoms with Crippen LogP contribution in [0.15, 0.2) is 152 Å². The minimum atomic E-state index is 0. The number of nitrogens with zero attached hydrogens (tertiary/aromatic N) is 3. The second kappa shape index (κ2) is 13.6. The Hall–Kier alpha value is -5.96. The van der Waals surface area contributed by atoms with Crippen LogP contribution < -0.4 is 0 Å². The van der Waals surface area contributed by atoms with Gasteiger partial charge < -0.3 is 5.11 Å². The molecule has 0 radical (unpaired) electrons. The molecule has 0 fully saturated rings. The Bertz CT molecular complexity index is 2780. The minimum Gasteiger partial charge on any atom is -0.507 e. The average molecular weight is 850 g/mol. The SMILES string of the molecule is Cc1cc(C)cc(-c2cc(-c3[c-]c(-c4cc5ccccc5nn4)cc(-c4ccccc4)c3)nc(-c3cc4cc5ccccc5cc4cc3O)c2)c1.[Pt]. The molecule has 52 heavy (non-hydrogen) atoms. The van der Waals surface area contributed by atoms with Gasteiger partial charge in [0.05, 0.1) is 11.2 Å². The second-order valence-electron chi connectivity index (χ2n) is 13.3. The molecule has 4 nitrogen and oxygen atoms in total. The van der Waals surface area contributed by atoms with Gasteiger partial charge in [-0.05, 0) is 93.9 Å². The van der Waals surface area contributed by atoms with Crippen molar-refractivity contribution >= 4 is 32.4 Å². The zero-order valence-corrected chi connectivity index (χ0v) is 30.8. The third kappa shape index (κ3) is 6.38. The molecule has 0 aliphatic rings. The van der Waals surface area contributed by atoms with E-state index in [1.807, 2.05) is 48.5 Å². The van der Waals surface area contributed by atoms with Crippen molar-refractivity contribution in [2.75, 3.05) is 0 Å². The first kappa shape index (κ1) is 33.2. The van der Waals surface area contributed by atoms with Crippen molar-refractivity contribution in [2.24, 2.45) is 0 Å². The quantitative estimate of drug-likeness (QED) is 0.138. The number of benzene rings is 7. The third-order valence-corrected chi connectivity index (χ3v) is 9.50. The molecule has 1 N–H and O–H groups in total. The molecule has 0 amide bonds. The molecule has 0 aliphatic heterocycles. The van der Waals surface area contributed by atoms with Crippen molar-refractivity contribution in [1.29, 1.82) is 0 Å². The fourth-order valence-electron chi connectivity index (χ4n) is 7.06. The van der Waals surface area contributed by atoms with Crippen molar-refractivity contribution in [3.63, 3.8) is 0 Å². The summed E-state index contributed by atoms with van der Waals surface area (Å²) in [7, 11) is 0. The third-order valence-electron chi connectivity index (χ3n) is 9.50. The molecule has 2 heterocycles. The van der Waals surface area contributed by atoms with Crippen LogP contribution in [0.2, 0.25) is 0 Å². The topological polar surface area (TPSA) is 58.9 Å². The Kier molecular flexibility index (Phi) is 8.70. The maximum absolute atomic E-state index is 11.6. The van der Waals surface area contributed by atoms with Gasteiger partial charge in [-0.1, -0.05) is 131 Å². The number of pyridine rings is 1. The maximum Gasteiger partial charge on any atom is 0.125 e. The summed E-state index contributed by atoms with van der Waals surface area (Å²) in [5.41, 5.74) is 11.9. The van der Waals surface area contributed by atoms with Crippen molar-refractivity contribution < 1.29 is 26.2 Å². The van der Waals surface area contributed by atoms with E-state index in [9.17, 15) is 5.11 Å². The van der Waals surface area contributed by atoms with Crippen molar-refractivity contribution in [3.8, 4) is 61.8 Å². The van der Waals surface area contributed by atoms with Gasteiger partial charge in [-0.25, -0.2) is 0 Å². The Morgan fingerprint density at radius 2 is 1.02 bits per heavy atom. The Morgan fingerprint density at radius 1 is 0.442 bits per heavy atom. The molecular weight excluding hydrogens is 818 g/mol. The monoisotopic (exact) mass is 849 g/mol. The minimum absolute atomic E-state index is 0. The number of hydrogen-bond acceptors (Lipinski definition) is 4. The Balaban J connectivity index is 0.00000387. The molecule has 2 aromatic heterocycles. The normalized spacial score (nSPS) is 11.2. The maximum atomic E-state index is 11.6.